The molecule has 0 saturated carbocycles. The van der Waals surface area contributed by atoms with Gasteiger partial charge < -0.3 is 5.11 Å². The Kier molecular flexibility index (Phi) is 4.16. The van der Waals surface area contributed by atoms with E-state index in [-0.39, 0.29) is 17.7 Å². The largest absolute Gasteiger partial charge is 0.481 e. The molecule has 1 heterocycles. The summed E-state index contributed by atoms with van der Waals surface area (Å²) in [7, 11) is -3.76. The molecule has 2 rings (SSSR count). The van der Waals surface area contributed by atoms with Gasteiger partial charge in [-0.25, -0.2) is 17.2 Å². The lowest BCUT2D eigenvalue weighted by Crippen LogP contribution is -2.52. The Morgan fingerprint density at radius 1 is 1.36 bits per heavy atom. The van der Waals surface area contributed by atoms with Crippen molar-refractivity contribution >= 4 is 21.7 Å². The number of aliphatic carboxylic acids is 1. The van der Waals surface area contributed by atoms with Gasteiger partial charge in [-0.2, -0.15) is 0 Å². The Bertz CT molecular complexity index is 690. The van der Waals surface area contributed by atoms with Gasteiger partial charge in [0.15, 0.2) is 0 Å². The maximum absolute atomic E-state index is 14.7. The fraction of sp³-hybridized carbons (Fsp3) is 0.500. The lowest BCUT2D eigenvalue weighted by atomic mass is 9.81. The number of carboxylic acids is 1. The monoisotopic (exact) mass is 333 g/mol. The molecule has 0 bridgehead atoms. The van der Waals surface area contributed by atoms with Crippen LogP contribution in [0.25, 0.3) is 0 Å². The van der Waals surface area contributed by atoms with E-state index in [4.69, 9.17) is 5.11 Å². The molecule has 0 aliphatic carbocycles. The van der Waals surface area contributed by atoms with Crippen molar-refractivity contribution in [2.45, 2.75) is 31.7 Å². The third-order valence-corrected chi connectivity index (χ3v) is 5.19. The summed E-state index contributed by atoms with van der Waals surface area (Å²) in [5.41, 5.74) is -0.428. The van der Waals surface area contributed by atoms with E-state index in [1.807, 2.05) is 0 Å². The number of nitrogens with zero attached hydrogens (tertiary/aromatic N) is 1. The van der Waals surface area contributed by atoms with Gasteiger partial charge >= 0.3 is 5.97 Å². The van der Waals surface area contributed by atoms with Crippen molar-refractivity contribution in [3.8, 4) is 0 Å². The summed E-state index contributed by atoms with van der Waals surface area (Å²) in [6, 6.07) is 4.41. The number of sulfonamides is 1. The molecule has 1 aromatic rings. The molecule has 0 amide bonds. The van der Waals surface area contributed by atoms with Crippen molar-refractivity contribution < 1.29 is 27.1 Å². The van der Waals surface area contributed by atoms with Crippen molar-refractivity contribution in [2.75, 3.05) is 10.6 Å². The number of rotatable bonds is 4. The molecular formula is C14H17F2NO4S. The van der Waals surface area contributed by atoms with Crippen LogP contribution in [0.1, 0.15) is 25.3 Å². The maximum Gasteiger partial charge on any atom is 0.303 e. The van der Waals surface area contributed by atoms with E-state index in [1.165, 1.54) is 31.2 Å². The minimum atomic E-state index is -3.76. The topological polar surface area (TPSA) is 74.7 Å². The number of carboxylic acid groups (broad SMARTS) is 1. The molecule has 1 aromatic carbocycles. The second kappa shape index (κ2) is 5.49. The third-order valence-electron chi connectivity index (χ3n) is 3.94. The molecule has 0 spiro atoms. The van der Waals surface area contributed by atoms with Gasteiger partial charge in [-0.1, -0.05) is 18.2 Å². The summed E-state index contributed by atoms with van der Waals surface area (Å²) in [4.78, 5) is 10.7. The molecule has 22 heavy (non-hydrogen) atoms. The Hall–Kier alpha value is -1.70. The Balaban J connectivity index is 2.58. The third kappa shape index (κ3) is 2.79. The highest BCUT2D eigenvalue weighted by molar-refractivity contribution is 7.92. The van der Waals surface area contributed by atoms with Crippen LogP contribution >= 0.6 is 0 Å². The summed E-state index contributed by atoms with van der Waals surface area (Å²) < 4.78 is 54.4. The van der Waals surface area contributed by atoms with Crippen molar-refractivity contribution in [1.29, 1.82) is 0 Å². The van der Waals surface area contributed by atoms with Gasteiger partial charge in [-0.3, -0.25) is 9.10 Å². The van der Waals surface area contributed by atoms with Crippen LogP contribution in [0.3, 0.4) is 0 Å². The van der Waals surface area contributed by atoms with Crippen molar-refractivity contribution in [3.05, 3.63) is 29.8 Å². The Morgan fingerprint density at radius 2 is 1.95 bits per heavy atom. The number of hydrogen-bond donors (Lipinski definition) is 1. The van der Waals surface area contributed by atoms with Gasteiger partial charge in [0, 0.05) is 17.9 Å². The average Bonchev–Trinajstić information content (AvgIpc) is 2.36. The number of carbonyl (C=O) groups is 1. The summed E-state index contributed by atoms with van der Waals surface area (Å²) in [5.74, 6) is -5.87. The number of anilines is 1. The van der Waals surface area contributed by atoms with Crippen molar-refractivity contribution in [1.82, 2.24) is 0 Å². The van der Waals surface area contributed by atoms with Gasteiger partial charge in [0.05, 0.1) is 18.0 Å². The molecular weight excluding hydrogens is 316 g/mol. The van der Waals surface area contributed by atoms with Crippen LogP contribution in [0.2, 0.25) is 0 Å². The van der Waals surface area contributed by atoms with E-state index in [0.29, 0.717) is 0 Å². The first kappa shape index (κ1) is 16.7. The van der Waals surface area contributed by atoms with E-state index < -0.39 is 40.3 Å². The van der Waals surface area contributed by atoms with Gasteiger partial charge in [-0.05, 0) is 19.4 Å². The number of halogens is 2. The lowest BCUT2D eigenvalue weighted by Gasteiger charge is -2.44. The minimum Gasteiger partial charge on any atom is -0.481 e. The fourth-order valence-corrected chi connectivity index (χ4v) is 4.28. The van der Waals surface area contributed by atoms with E-state index in [9.17, 15) is 22.0 Å². The van der Waals surface area contributed by atoms with E-state index in [2.05, 4.69) is 0 Å². The van der Waals surface area contributed by atoms with Crippen LogP contribution in [0.15, 0.2) is 24.3 Å². The van der Waals surface area contributed by atoms with Crippen molar-refractivity contribution in [2.24, 2.45) is 5.92 Å². The summed E-state index contributed by atoms with van der Waals surface area (Å²) in [6.45, 7) is 1.39. The summed E-state index contributed by atoms with van der Waals surface area (Å²) in [5, 5.41) is 8.74. The second-order valence-corrected chi connectivity index (χ2v) is 7.34. The standard InChI is InChI=1S/C14H17F2NO4S/c1-9-10(7-8-13(18)19)14(15,16)11-5-3-4-6-12(11)17(9)22(2,20)21/h3-6,9-10H,7-8H2,1-2H3,(H,18,19)/t9-,10?/m1/s1. The molecule has 1 aliphatic rings. The molecule has 0 fully saturated rings. The lowest BCUT2D eigenvalue weighted by molar-refractivity contribution is -0.138. The smallest absolute Gasteiger partial charge is 0.303 e. The first-order valence-corrected chi connectivity index (χ1v) is 8.60. The zero-order valence-corrected chi connectivity index (χ0v) is 13.0. The molecule has 2 atom stereocenters. The predicted molar refractivity (Wildman–Crippen MR) is 77.5 cm³/mol. The highest BCUT2D eigenvalue weighted by Gasteiger charge is 2.53. The average molecular weight is 333 g/mol. The molecule has 1 N–H and O–H groups in total. The maximum atomic E-state index is 14.7. The molecule has 8 heteroatoms. The molecule has 0 saturated heterocycles. The van der Waals surface area contributed by atoms with Gasteiger partial charge in [0.1, 0.15) is 0 Å². The van der Waals surface area contributed by atoms with Crippen LogP contribution in [0.4, 0.5) is 14.5 Å². The molecule has 122 valence electrons. The molecule has 1 unspecified atom stereocenters. The highest BCUT2D eigenvalue weighted by Crippen LogP contribution is 2.50. The Labute approximate surface area is 127 Å². The van der Waals surface area contributed by atoms with Crippen LogP contribution in [0.5, 0.6) is 0 Å². The SMILES string of the molecule is C[C@@H]1C(CCC(=O)O)C(F)(F)c2ccccc2N1S(C)(=O)=O. The van der Waals surface area contributed by atoms with Gasteiger partial charge in [0.25, 0.3) is 5.92 Å². The first-order valence-electron chi connectivity index (χ1n) is 6.75. The number of benzene rings is 1. The number of hydrogen-bond acceptors (Lipinski definition) is 3. The molecule has 1 aliphatic heterocycles. The van der Waals surface area contributed by atoms with Crippen LogP contribution in [-0.4, -0.2) is 31.8 Å². The van der Waals surface area contributed by atoms with Gasteiger partial charge in [-0.15, -0.1) is 0 Å². The van der Waals surface area contributed by atoms with Gasteiger partial charge in [0.2, 0.25) is 10.0 Å². The minimum absolute atomic E-state index is 0.0472. The fourth-order valence-electron chi connectivity index (χ4n) is 3.02. The van der Waals surface area contributed by atoms with E-state index >= 15 is 0 Å². The van der Waals surface area contributed by atoms with E-state index in [1.54, 1.807) is 0 Å². The number of alkyl halides is 2. The predicted octanol–water partition coefficient (Wildman–Crippen LogP) is 2.43. The second-order valence-electron chi connectivity index (χ2n) is 5.48. The molecule has 0 radical (unpaired) electrons. The molecule has 0 aromatic heterocycles. The van der Waals surface area contributed by atoms with E-state index in [0.717, 1.165) is 10.6 Å². The first-order chi connectivity index (χ1) is 10.1. The summed E-state index contributed by atoms with van der Waals surface area (Å²) >= 11 is 0. The Morgan fingerprint density at radius 3 is 2.50 bits per heavy atom. The summed E-state index contributed by atoms with van der Waals surface area (Å²) in [6.07, 6.45) is 0.215. The zero-order chi connectivity index (χ0) is 16.7. The highest BCUT2D eigenvalue weighted by atomic mass is 32.2. The van der Waals surface area contributed by atoms with Crippen LogP contribution in [-0.2, 0) is 20.7 Å². The molecule has 5 nitrogen and oxygen atoms in total. The zero-order valence-electron chi connectivity index (χ0n) is 12.2. The van der Waals surface area contributed by atoms with Crippen LogP contribution < -0.4 is 4.31 Å². The normalized spacial score (nSPS) is 23.9. The quantitative estimate of drug-likeness (QED) is 0.918. The van der Waals surface area contributed by atoms with Crippen LogP contribution in [0, 0.1) is 5.92 Å². The van der Waals surface area contributed by atoms with Crippen molar-refractivity contribution in [3.63, 3.8) is 0 Å². The number of fused-ring (bicyclic) bond motifs is 1. The number of para-hydroxylation sites is 1.